The van der Waals surface area contributed by atoms with Gasteiger partial charge in [-0.2, -0.15) is 5.10 Å². The van der Waals surface area contributed by atoms with Crippen LogP contribution in [-0.2, 0) is 13.0 Å². The minimum Gasteiger partial charge on any atom is -0.396 e. The number of aromatic nitrogens is 4. The third kappa shape index (κ3) is 3.19. The van der Waals surface area contributed by atoms with E-state index in [1.165, 1.54) is 24.1 Å². The molecule has 2 saturated heterocycles. The van der Waals surface area contributed by atoms with E-state index >= 15 is 0 Å². The fourth-order valence-electron chi connectivity index (χ4n) is 5.16. The van der Waals surface area contributed by atoms with Gasteiger partial charge < -0.3 is 10.0 Å². The molecule has 2 aliphatic carbocycles. The van der Waals surface area contributed by atoms with E-state index in [-0.39, 0.29) is 12.0 Å². The minimum absolute atomic E-state index is 0.0827. The van der Waals surface area contributed by atoms with E-state index < -0.39 is 0 Å². The van der Waals surface area contributed by atoms with Gasteiger partial charge in [0.2, 0.25) is 5.95 Å². The summed E-state index contributed by atoms with van der Waals surface area (Å²) in [6.07, 6.45) is 7.24. The summed E-state index contributed by atoms with van der Waals surface area (Å²) >= 11 is 0. The summed E-state index contributed by atoms with van der Waals surface area (Å²) in [6.45, 7) is 1.96. The fraction of sp³-hybridized carbons (Fsp3) is 0.458. The van der Waals surface area contributed by atoms with Gasteiger partial charge in [-0.15, -0.1) is 0 Å². The highest BCUT2D eigenvalue weighted by molar-refractivity contribution is 5.40. The molecule has 0 amide bonds. The Hall–Kier alpha value is -2.73. The first-order valence-corrected chi connectivity index (χ1v) is 11.0. The average molecular weight is 402 g/mol. The molecule has 30 heavy (non-hydrogen) atoms. The van der Waals surface area contributed by atoms with Crippen LogP contribution in [0, 0.1) is 5.41 Å². The van der Waals surface area contributed by atoms with Crippen LogP contribution in [0.3, 0.4) is 0 Å². The predicted molar refractivity (Wildman–Crippen MR) is 114 cm³/mol. The summed E-state index contributed by atoms with van der Waals surface area (Å²) in [6, 6.07) is 15.3. The van der Waals surface area contributed by atoms with Crippen molar-refractivity contribution in [2.75, 3.05) is 18.1 Å². The lowest BCUT2D eigenvalue weighted by atomic mass is 9.71. The second-order valence-electron chi connectivity index (χ2n) is 9.35. The third-order valence-corrected chi connectivity index (χ3v) is 6.97. The Labute approximate surface area is 176 Å². The summed E-state index contributed by atoms with van der Waals surface area (Å²) in [5.41, 5.74) is 4.81. The molecule has 3 aromatic rings. The molecular weight excluding hydrogens is 374 g/mol. The van der Waals surface area contributed by atoms with Crippen molar-refractivity contribution in [1.82, 2.24) is 19.7 Å². The van der Waals surface area contributed by atoms with E-state index in [9.17, 15) is 5.11 Å². The lowest BCUT2D eigenvalue weighted by Gasteiger charge is -2.34. The number of aliphatic hydroxyl groups is 1. The Balaban J connectivity index is 1.22. The van der Waals surface area contributed by atoms with Crippen LogP contribution in [0.1, 0.15) is 54.2 Å². The van der Waals surface area contributed by atoms with E-state index in [1.807, 2.05) is 12.3 Å². The molecule has 2 aliphatic heterocycles. The average Bonchev–Trinajstić information content (AvgIpc) is 3.26. The maximum atomic E-state index is 9.68. The maximum Gasteiger partial charge on any atom is 0.225 e. The van der Waals surface area contributed by atoms with E-state index in [1.54, 1.807) is 0 Å². The predicted octanol–water partition coefficient (Wildman–Crippen LogP) is 3.15. The van der Waals surface area contributed by atoms with Gasteiger partial charge in [0.15, 0.2) is 0 Å². The molecule has 2 saturated carbocycles. The van der Waals surface area contributed by atoms with Crippen LogP contribution in [0.15, 0.2) is 48.7 Å². The van der Waals surface area contributed by atoms with Gasteiger partial charge in [0.25, 0.3) is 0 Å². The summed E-state index contributed by atoms with van der Waals surface area (Å²) in [5, 5.41) is 14.6. The van der Waals surface area contributed by atoms with Crippen molar-refractivity contribution in [3.05, 3.63) is 71.3 Å². The van der Waals surface area contributed by atoms with Gasteiger partial charge in [0.1, 0.15) is 0 Å². The molecule has 6 nitrogen and oxygen atoms in total. The zero-order chi connectivity index (χ0) is 20.1. The molecule has 0 radical (unpaired) electrons. The Bertz CT molecular complexity index is 1050. The zero-order valence-electron chi connectivity index (χ0n) is 17.1. The van der Waals surface area contributed by atoms with Crippen molar-refractivity contribution < 1.29 is 5.11 Å². The molecule has 4 heterocycles. The van der Waals surface area contributed by atoms with E-state index in [4.69, 9.17) is 10.1 Å². The first kappa shape index (κ1) is 18.1. The standard InChI is InChI=1S/C24H27N5O/c30-16-24-12-21(13-24)28(15-24)23-25-9-8-19(26-23)10-20-11-22(18-6-7-18)29(27-20)14-17-4-2-1-3-5-17/h1-5,8-9,11,18,21,30H,6-7,10,12-16H2. The molecule has 4 aliphatic rings. The van der Waals surface area contributed by atoms with Crippen molar-refractivity contribution in [2.45, 2.75) is 50.6 Å². The van der Waals surface area contributed by atoms with Gasteiger partial charge in [0, 0.05) is 42.2 Å². The molecule has 0 spiro atoms. The number of hydrogen-bond acceptors (Lipinski definition) is 5. The summed E-state index contributed by atoms with van der Waals surface area (Å²) in [7, 11) is 0. The van der Waals surface area contributed by atoms with Gasteiger partial charge in [-0.05, 0) is 43.4 Å². The number of nitrogens with zero attached hydrogens (tertiary/aromatic N) is 5. The molecule has 2 aromatic heterocycles. The third-order valence-electron chi connectivity index (χ3n) is 6.97. The molecule has 154 valence electrons. The smallest absolute Gasteiger partial charge is 0.225 e. The number of fused-ring (bicyclic) bond motifs is 1. The van der Waals surface area contributed by atoms with Gasteiger partial charge >= 0.3 is 0 Å². The highest BCUT2D eigenvalue weighted by Gasteiger charge is 2.55. The van der Waals surface area contributed by atoms with Gasteiger partial charge in [-0.3, -0.25) is 4.68 Å². The molecular formula is C24H27N5O. The Morgan fingerprint density at radius 2 is 1.90 bits per heavy atom. The van der Waals surface area contributed by atoms with E-state index in [2.05, 4.69) is 51.0 Å². The molecule has 0 unspecified atom stereocenters. The minimum atomic E-state index is 0.0827. The molecule has 1 N–H and O–H groups in total. The van der Waals surface area contributed by atoms with E-state index in [0.29, 0.717) is 12.0 Å². The molecule has 1 aromatic carbocycles. The summed E-state index contributed by atoms with van der Waals surface area (Å²) in [4.78, 5) is 11.7. The van der Waals surface area contributed by atoms with Gasteiger partial charge in [-0.1, -0.05) is 30.3 Å². The first-order valence-electron chi connectivity index (χ1n) is 11.0. The monoisotopic (exact) mass is 401 g/mol. The van der Waals surface area contributed by atoms with Crippen molar-refractivity contribution in [1.29, 1.82) is 0 Å². The number of benzene rings is 1. The molecule has 0 atom stereocenters. The number of hydrogen-bond donors (Lipinski definition) is 1. The SMILES string of the molecule is OCC12CC(C1)N(c1nccc(Cc3cc(C4CC4)n(Cc4ccccc4)n3)n1)C2. The molecule has 7 rings (SSSR count). The highest BCUT2D eigenvalue weighted by Crippen LogP contribution is 2.52. The van der Waals surface area contributed by atoms with Crippen LogP contribution in [0.5, 0.6) is 0 Å². The van der Waals surface area contributed by atoms with Gasteiger partial charge in [0.05, 0.1) is 24.5 Å². The van der Waals surface area contributed by atoms with Crippen LogP contribution in [0.2, 0.25) is 0 Å². The topological polar surface area (TPSA) is 67.1 Å². The largest absolute Gasteiger partial charge is 0.396 e. The Morgan fingerprint density at radius 1 is 1.07 bits per heavy atom. The van der Waals surface area contributed by atoms with Crippen LogP contribution in [0.4, 0.5) is 5.95 Å². The van der Waals surface area contributed by atoms with Crippen LogP contribution >= 0.6 is 0 Å². The second-order valence-corrected chi connectivity index (χ2v) is 9.35. The normalized spacial score (nSPS) is 24.8. The quantitative estimate of drug-likeness (QED) is 0.659. The summed E-state index contributed by atoms with van der Waals surface area (Å²) < 4.78 is 2.19. The van der Waals surface area contributed by atoms with E-state index in [0.717, 1.165) is 49.7 Å². The lowest BCUT2D eigenvalue weighted by molar-refractivity contribution is 0.0873. The maximum absolute atomic E-state index is 9.68. The number of rotatable bonds is 7. The second kappa shape index (κ2) is 6.91. The number of anilines is 1. The fourth-order valence-corrected chi connectivity index (χ4v) is 5.16. The van der Waals surface area contributed by atoms with Crippen LogP contribution < -0.4 is 4.90 Å². The van der Waals surface area contributed by atoms with Crippen LogP contribution in [-0.4, -0.2) is 44.0 Å². The van der Waals surface area contributed by atoms with Crippen LogP contribution in [0.25, 0.3) is 0 Å². The van der Waals surface area contributed by atoms with Crippen molar-refractivity contribution >= 4 is 5.95 Å². The Morgan fingerprint density at radius 3 is 2.63 bits per heavy atom. The highest BCUT2D eigenvalue weighted by atomic mass is 16.3. The number of aliphatic hydroxyl groups excluding tert-OH is 1. The zero-order valence-corrected chi connectivity index (χ0v) is 17.1. The van der Waals surface area contributed by atoms with Crippen molar-refractivity contribution in [2.24, 2.45) is 5.41 Å². The summed E-state index contributed by atoms with van der Waals surface area (Å²) in [5.74, 6) is 1.46. The van der Waals surface area contributed by atoms with Crippen molar-refractivity contribution in [3.8, 4) is 0 Å². The molecule has 4 fully saturated rings. The van der Waals surface area contributed by atoms with Gasteiger partial charge in [-0.25, -0.2) is 9.97 Å². The Kier molecular flexibility index (Phi) is 4.16. The molecule has 2 bridgehead atoms. The lowest BCUT2D eigenvalue weighted by Crippen LogP contribution is -2.37. The van der Waals surface area contributed by atoms with Crippen molar-refractivity contribution in [3.63, 3.8) is 0 Å². The molecule has 6 heteroatoms. The first-order chi connectivity index (χ1) is 14.7.